The number of nitrogens with one attached hydrogen (secondary N) is 2. The van der Waals surface area contributed by atoms with E-state index < -0.39 is 0 Å². The Bertz CT molecular complexity index is 1110. The van der Waals surface area contributed by atoms with Gasteiger partial charge in [-0.1, -0.05) is 30.3 Å². The van der Waals surface area contributed by atoms with Crippen LogP contribution in [0.25, 0.3) is 10.9 Å². The molecule has 1 aliphatic rings. The lowest BCUT2D eigenvalue weighted by molar-refractivity contribution is -0.134. The van der Waals surface area contributed by atoms with Crippen molar-refractivity contribution in [3.8, 4) is 5.75 Å². The normalized spacial score (nSPS) is 17.1. The van der Waals surface area contributed by atoms with Gasteiger partial charge in [0, 0.05) is 43.7 Å². The number of benzene rings is 2. The van der Waals surface area contributed by atoms with E-state index in [1.807, 2.05) is 47.5 Å². The molecular formula is C26H32N4O3. The number of aromatic nitrogens is 1. The quantitative estimate of drug-likeness (QED) is 0.555. The maximum absolute atomic E-state index is 12.9. The fraction of sp³-hybridized carbons (Fsp3) is 0.385. The van der Waals surface area contributed by atoms with E-state index in [1.165, 1.54) is 0 Å². The van der Waals surface area contributed by atoms with Crippen molar-refractivity contribution in [1.29, 1.82) is 0 Å². The summed E-state index contributed by atoms with van der Waals surface area (Å²) in [6, 6.07) is 16.0. The molecule has 3 aromatic rings. The van der Waals surface area contributed by atoms with Gasteiger partial charge in [0.25, 0.3) is 0 Å². The zero-order valence-corrected chi connectivity index (χ0v) is 19.5. The van der Waals surface area contributed by atoms with Crippen LogP contribution in [0.2, 0.25) is 0 Å². The minimum absolute atomic E-state index is 0.0196. The Labute approximate surface area is 194 Å². The van der Waals surface area contributed by atoms with Crippen molar-refractivity contribution in [1.82, 2.24) is 20.1 Å². The SMILES string of the molecule is COc1ccc(C(CNC(=O)CN2CCCC2C(=O)N(C)C)c2c[nH]c3ccccc23)cc1. The Morgan fingerprint density at radius 2 is 1.94 bits per heavy atom. The standard InChI is InChI=1S/C26H32N4O3/c1-29(2)26(32)24-9-6-14-30(24)17-25(31)28-15-21(18-10-12-19(33-3)13-11-18)22-16-27-23-8-5-4-7-20(22)23/h4-5,7-8,10-13,16,21,24,27H,6,9,14-15,17H2,1-3H3,(H,28,31). The van der Waals surface area contributed by atoms with Crippen LogP contribution in [0.1, 0.15) is 29.9 Å². The largest absolute Gasteiger partial charge is 0.497 e. The summed E-state index contributed by atoms with van der Waals surface area (Å²) in [5.74, 6) is 0.780. The number of carbonyl (C=O) groups excluding carboxylic acids is 2. The first-order valence-electron chi connectivity index (χ1n) is 11.4. The number of amides is 2. The lowest BCUT2D eigenvalue weighted by atomic mass is 9.90. The number of methoxy groups -OCH3 is 1. The first-order valence-corrected chi connectivity index (χ1v) is 11.4. The van der Waals surface area contributed by atoms with Gasteiger partial charge in [0.15, 0.2) is 0 Å². The van der Waals surface area contributed by atoms with Crippen molar-refractivity contribution in [3.63, 3.8) is 0 Å². The molecule has 7 nitrogen and oxygen atoms in total. The number of likely N-dealkylation sites (tertiary alicyclic amines) is 1. The second-order valence-corrected chi connectivity index (χ2v) is 8.78. The Balaban J connectivity index is 1.51. The average molecular weight is 449 g/mol. The smallest absolute Gasteiger partial charge is 0.239 e. The van der Waals surface area contributed by atoms with E-state index >= 15 is 0 Å². The van der Waals surface area contributed by atoms with Gasteiger partial charge in [-0.3, -0.25) is 14.5 Å². The molecule has 2 atom stereocenters. The Hall–Kier alpha value is -3.32. The van der Waals surface area contributed by atoms with E-state index in [-0.39, 0.29) is 30.3 Å². The molecule has 2 N–H and O–H groups in total. The van der Waals surface area contributed by atoms with E-state index in [0.29, 0.717) is 6.54 Å². The molecule has 1 fully saturated rings. The van der Waals surface area contributed by atoms with E-state index in [9.17, 15) is 9.59 Å². The number of likely N-dealkylation sites (N-methyl/N-ethyl adjacent to an activating group) is 1. The molecule has 2 aromatic carbocycles. The highest BCUT2D eigenvalue weighted by atomic mass is 16.5. The van der Waals surface area contributed by atoms with Crippen LogP contribution in [0.4, 0.5) is 0 Å². The summed E-state index contributed by atoms with van der Waals surface area (Å²) in [5, 5.41) is 4.27. The third-order valence-corrected chi connectivity index (χ3v) is 6.45. The van der Waals surface area contributed by atoms with Crippen molar-refractivity contribution in [2.75, 3.05) is 40.8 Å². The van der Waals surface area contributed by atoms with Crippen molar-refractivity contribution < 1.29 is 14.3 Å². The number of carbonyl (C=O) groups is 2. The Morgan fingerprint density at radius 1 is 1.18 bits per heavy atom. The highest BCUT2D eigenvalue weighted by Gasteiger charge is 2.32. The average Bonchev–Trinajstić information content (AvgIpc) is 3.46. The fourth-order valence-electron chi connectivity index (χ4n) is 4.68. The van der Waals surface area contributed by atoms with Crippen LogP contribution in [0.5, 0.6) is 5.75 Å². The molecule has 4 rings (SSSR count). The molecule has 7 heteroatoms. The first-order chi connectivity index (χ1) is 16.0. The zero-order valence-electron chi connectivity index (χ0n) is 19.5. The molecule has 2 amide bonds. The van der Waals surface area contributed by atoms with Gasteiger partial charge in [-0.2, -0.15) is 0 Å². The molecule has 1 aromatic heterocycles. The maximum Gasteiger partial charge on any atom is 0.239 e. The van der Waals surface area contributed by atoms with Crippen molar-refractivity contribution in [2.45, 2.75) is 24.8 Å². The minimum atomic E-state index is -0.211. The number of hydrogen-bond donors (Lipinski definition) is 2. The number of hydrogen-bond acceptors (Lipinski definition) is 4. The van der Waals surface area contributed by atoms with Crippen LogP contribution >= 0.6 is 0 Å². The second-order valence-electron chi connectivity index (χ2n) is 8.78. The van der Waals surface area contributed by atoms with E-state index in [4.69, 9.17) is 4.74 Å². The highest BCUT2D eigenvalue weighted by molar-refractivity contribution is 5.85. The molecule has 2 heterocycles. The topological polar surface area (TPSA) is 77.7 Å². The summed E-state index contributed by atoms with van der Waals surface area (Å²) < 4.78 is 5.32. The third-order valence-electron chi connectivity index (χ3n) is 6.45. The summed E-state index contributed by atoms with van der Waals surface area (Å²) in [5.41, 5.74) is 3.31. The molecule has 0 radical (unpaired) electrons. The number of H-pyrrole nitrogens is 1. The predicted molar refractivity (Wildman–Crippen MR) is 129 cm³/mol. The highest BCUT2D eigenvalue weighted by Crippen LogP contribution is 2.31. The fourth-order valence-corrected chi connectivity index (χ4v) is 4.68. The minimum Gasteiger partial charge on any atom is -0.497 e. The van der Waals surface area contributed by atoms with E-state index in [1.54, 1.807) is 26.1 Å². The van der Waals surface area contributed by atoms with Crippen LogP contribution in [-0.2, 0) is 9.59 Å². The number of ether oxygens (including phenoxy) is 1. The van der Waals surface area contributed by atoms with Crippen molar-refractivity contribution in [2.24, 2.45) is 0 Å². The summed E-state index contributed by atoms with van der Waals surface area (Å²) >= 11 is 0. The van der Waals surface area contributed by atoms with Crippen LogP contribution in [-0.4, -0.2) is 73.5 Å². The van der Waals surface area contributed by atoms with E-state index in [2.05, 4.69) is 22.4 Å². The monoisotopic (exact) mass is 448 g/mol. The lowest BCUT2D eigenvalue weighted by Gasteiger charge is -2.26. The van der Waals surface area contributed by atoms with Gasteiger partial charge >= 0.3 is 0 Å². The number of rotatable bonds is 8. The molecular weight excluding hydrogens is 416 g/mol. The molecule has 0 aliphatic carbocycles. The summed E-state index contributed by atoms with van der Waals surface area (Å²) in [6.07, 6.45) is 3.76. The molecule has 0 bridgehead atoms. The van der Waals surface area contributed by atoms with Crippen molar-refractivity contribution in [3.05, 3.63) is 65.9 Å². The maximum atomic E-state index is 12.9. The van der Waals surface area contributed by atoms with Crippen LogP contribution < -0.4 is 10.1 Å². The van der Waals surface area contributed by atoms with Crippen LogP contribution in [0.15, 0.2) is 54.7 Å². The number of fused-ring (bicyclic) bond motifs is 1. The first kappa shape index (κ1) is 22.9. The molecule has 33 heavy (non-hydrogen) atoms. The van der Waals surface area contributed by atoms with Crippen LogP contribution in [0.3, 0.4) is 0 Å². The van der Waals surface area contributed by atoms with E-state index in [0.717, 1.165) is 47.2 Å². The Morgan fingerprint density at radius 3 is 2.67 bits per heavy atom. The van der Waals surface area contributed by atoms with Crippen LogP contribution in [0, 0.1) is 0 Å². The lowest BCUT2D eigenvalue weighted by Crippen LogP contribution is -2.47. The number of aromatic amines is 1. The zero-order chi connectivity index (χ0) is 23.4. The summed E-state index contributed by atoms with van der Waals surface area (Å²) in [7, 11) is 5.18. The van der Waals surface area contributed by atoms with Gasteiger partial charge in [-0.05, 0) is 48.7 Å². The Kier molecular flexibility index (Phi) is 6.99. The molecule has 1 aliphatic heterocycles. The van der Waals surface area contributed by atoms with Gasteiger partial charge in [0.1, 0.15) is 5.75 Å². The number of para-hydroxylation sites is 1. The number of nitrogens with zero attached hydrogens (tertiary/aromatic N) is 2. The molecule has 2 unspecified atom stereocenters. The second kappa shape index (κ2) is 10.1. The summed E-state index contributed by atoms with van der Waals surface area (Å²) in [6.45, 7) is 1.46. The van der Waals surface area contributed by atoms with Gasteiger partial charge in [0.2, 0.25) is 11.8 Å². The van der Waals surface area contributed by atoms with Gasteiger partial charge in [-0.15, -0.1) is 0 Å². The third kappa shape index (κ3) is 5.03. The molecule has 1 saturated heterocycles. The van der Waals surface area contributed by atoms with Gasteiger partial charge < -0.3 is 19.9 Å². The van der Waals surface area contributed by atoms with Crippen molar-refractivity contribution >= 4 is 22.7 Å². The van der Waals surface area contributed by atoms with Gasteiger partial charge in [-0.25, -0.2) is 0 Å². The van der Waals surface area contributed by atoms with Gasteiger partial charge in [0.05, 0.1) is 19.7 Å². The molecule has 0 saturated carbocycles. The molecule has 0 spiro atoms. The molecule has 174 valence electrons. The predicted octanol–water partition coefficient (Wildman–Crippen LogP) is 2.98. The summed E-state index contributed by atoms with van der Waals surface area (Å²) in [4.78, 5) is 32.3.